The molecule has 0 aliphatic heterocycles. The minimum atomic E-state index is 0.00662. The molecule has 0 saturated heterocycles. The quantitative estimate of drug-likeness (QED) is 0.458. The molecule has 0 atom stereocenters. The lowest BCUT2D eigenvalue weighted by atomic mass is 10.1. The summed E-state index contributed by atoms with van der Waals surface area (Å²) in [6.45, 7) is 2.02. The summed E-state index contributed by atoms with van der Waals surface area (Å²) in [5.74, 6) is 1.25. The molecular formula is C22H19N3OS2. The van der Waals surface area contributed by atoms with Crippen LogP contribution in [-0.2, 0) is 10.5 Å². The number of aromatic nitrogens is 2. The Bertz CT molecular complexity index is 1080. The fourth-order valence-electron chi connectivity index (χ4n) is 2.91. The SMILES string of the molecule is Cc1c(NC(=O)CSCc2ccccc2)cccc1-c1nc2cccnc2s1. The fourth-order valence-corrected chi connectivity index (χ4v) is 4.69. The molecule has 2 aromatic carbocycles. The molecule has 4 aromatic rings. The number of thiazole rings is 1. The van der Waals surface area contributed by atoms with Crippen LogP contribution >= 0.6 is 23.1 Å². The van der Waals surface area contributed by atoms with E-state index in [1.165, 1.54) is 5.56 Å². The molecule has 4 nitrogen and oxygen atoms in total. The molecule has 0 saturated carbocycles. The van der Waals surface area contributed by atoms with E-state index in [1.807, 2.05) is 55.5 Å². The monoisotopic (exact) mass is 405 g/mol. The predicted octanol–water partition coefficient (Wildman–Crippen LogP) is 5.54. The van der Waals surface area contributed by atoms with Crippen LogP contribution in [0.25, 0.3) is 20.9 Å². The first kappa shape index (κ1) is 18.7. The third kappa shape index (κ3) is 4.24. The average Bonchev–Trinajstić information content (AvgIpc) is 3.14. The second-order valence-electron chi connectivity index (χ2n) is 6.35. The Morgan fingerprint density at radius 2 is 1.93 bits per heavy atom. The van der Waals surface area contributed by atoms with Crippen LogP contribution < -0.4 is 5.32 Å². The smallest absolute Gasteiger partial charge is 0.234 e. The minimum absolute atomic E-state index is 0.00662. The molecule has 2 heterocycles. The van der Waals surface area contributed by atoms with Gasteiger partial charge < -0.3 is 5.32 Å². The minimum Gasteiger partial charge on any atom is -0.325 e. The highest BCUT2D eigenvalue weighted by Gasteiger charge is 2.13. The molecule has 0 aliphatic carbocycles. The van der Waals surface area contributed by atoms with Crippen LogP contribution in [0.1, 0.15) is 11.1 Å². The second-order valence-corrected chi connectivity index (χ2v) is 8.31. The highest BCUT2D eigenvalue weighted by molar-refractivity contribution is 7.99. The van der Waals surface area contributed by atoms with E-state index in [0.29, 0.717) is 5.75 Å². The van der Waals surface area contributed by atoms with Crippen LogP contribution in [0.5, 0.6) is 0 Å². The number of nitrogens with zero attached hydrogens (tertiary/aromatic N) is 2. The zero-order valence-corrected chi connectivity index (χ0v) is 17.0. The van der Waals surface area contributed by atoms with Crippen molar-refractivity contribution >= 4 is 45.0 Å². The van der Waals surface area contributed by atoms with Gasteiger partial charge in [0, 0.05) is 23.2 Å². The summed E-state index contributed by atoms with van der Waals surface area (Å²) < 4.78 is 0. The van der Waals surface area contributed by atoms with E-state index < -0.39 is 0 Å². The van der Waals surface area contributed by atoms with E-state index in [0.717, 1.165) is 37.9 Å². The molecule has 0 fully saturated rings. The van der Waals surface area contributed by atoms with Crippen LogP contribution in [0, 0.1) is 6.92 Å². The van der Waals surface area contributed by atoms with Crippen molar-refractivity contribution < 1.29 is 4.79 Å². The average molecular weight is 406 g/mol. The second kappa shape index (κ2) is 8.54. The van der Waals surface area contributed by atoms with Gasteiger partial charge in [0.1, 0.15) is 15.4 Å². The van der Waals surface area contributed by atoms with Gasteiger partial charge in [0.05, 0.1) is 5.75 Å². The Kier molecular flexibility index (Phi) is 5.69. The topological polar surface area (TPSA) is 54.9 Å². The maximum absolute atomic E-state index is 12.4. The lowest BCUT2D eigenvalue weighted by molar-refractivity contribution is -0.113. The summed E-state index contributed by atoms with van der Waals surface area (Å²) in [6.07, 6.45) is 1.78. The normalized spacial score (nSPS) is 10.9. The number of hydrogen-bond acceptors (Lipinski definition) is 5. The number of thioether (sulfide) groups is 1. The molecule has 28 heavy (non-hydrogen) atoms. The molecule has 140 valence electrons. The number of fused-ring (bicyclic) bond motifs is 1. The summed E-state index contributed by atoms with van der Waals surface area (Å²) in [6, 6.07) is 20.0. The summed E-state index contributed by atoms with van der Waals surface area (Å²) in [5, 5.41) is 3.96. The van der Waals surface area contributed by atoms with Gasteiger partial charge in [-0.2, -0.15) is 0 Å². The number of rotatable bonds is 6. The molecule has 6 heteroatoms. The lowest BCUT2D eigenvalue weighted by Gasteiger charge is -2.11. The molecule has 0 unspecified atom stereocenters. The van der Waals surface area contributed by atoms with Gasteiger partial charge in [0.25, 0.3) is 0 Å². The maximum atomic E-state index is 12.4. The predicted molar refractivity (Wildman–Crippen MR) is 119 cm³/mol. The van der Waals surface area contributed by atoms with Crippen LogP contribution in [0.4, 0.5) is 5.69 Å². The lowest BCUT2D eigenvalue weighted by Crippen LogP contribution is -2.15. The first-order valence-corrected chi connectivity index (χ1v) is 10.9. The number of carbonyl (C=O) groups is 1. The molecule has 2 aromatic heterocycles. The summed E-state index contributed by atoms with van der Waals surface area (Å²) in [5.41, 5.74) is 4.99. The van der Waals surface area contributed by atoms with Gasteiger partial charge in [-0.05, 0) is 36.2 Å². The fraction of sp³-hybridized carbons (Fsp3) is 0.136. The van der Waals surface area contributed by atoms with E-state index in [-0.39, 0.29) is 5.91 Å². The van der Waals surface area contributed by atoms with E-state index in [2.05, 4.69) is 27.4 Å². The van der Waals surface area contributed by atoms with Crippen LogP contribution in [0.3, 0.4) is 0 Å². The van der Waals surface area contributed by atoms with E-state index in [1.54, 1.807) is 29.3 Å². The third-order valence-corrected chi connectivity index (χ3v) is 6.37. The van der Waals surface area contributed by atoms with E-state index in [4.69, 9.17) is 0 Å². The molecule has 1 amide bonds. The standard InChI is InChI=1S/C22H19N3OS2/c1-15-17(21-25-19-11-6-12-23-22(19)28-21)9-5-10-18(15)24-20(26)14-27-13-16-7-3-2-4-8-16/h2-12H,13-14H2,1H3,(H,24,26). The van der Waals surface area contributed by atoms with E-state index in [9.17, 15) is 4.79 Å². The number of carbonyl (C=O) groups excluding carboxylic acids is 1. The molecule has 0 bridgehead atoms. The number of pyridine rings is 1. The van der Waals surface area contributed by atoms with Gasteiger partial charge in [-0.3, -0.25) is 4.79 Å². The molecular weight excluding hydrogens is 386 g/mol. The van der Waals surface area contributed by atoms with Crippen LogP contribution in [0.2, 0.25) is 0 Å². The number of hydrogen-bond donors (Lipinski definition) is 1. The van der Waals surface area contributed by atoms with E-state index >= 15 is 0 Å². The van der Waals surface area contributed by atoms with Crippen molar-refractivity contribution in [2.24, 2.45) is 0 Å². The number of nitrogens with one attached hydrogen (secondary N) is 1. The number of anilines is 1. The Morgan fingerprint density at radius 1 is 1.07 bits per heavy atom. The highest BCUT2D eigenvalue weighted by Crippen LogP contribution is 2.33. The first-order valence-electron chi connectivity index (χ1n) is 8.94. The first-order chi connectivity index (χ1) is 13.7. The van der Waals surface area contributed by atoms with Gasteiger partial charge in [-0.15, -0.1) is 11.8 Å². The summed E-state index contributed by atoms with van der Waals surface area (Å²) >= 11 is 3.18. The van der Waals surface area contributed by atoms with Crippen molar-refractivity contribution in [3.8, 4) is 10.6 Å². The molecule has 0 spiro atoms. The van der Waals surface area contributed by atoms with Gasteiger partial charge in [0.2, 0.25) is 5.91 Å². The highest BCUT2D eigenvalue weighted by atomic mass is 32.2. The van der Waals surface area contributed by atoms with Crippen LogP contribution in [0.15, 0.2) is 66.9 Å². The zero-order valence-electron chi connectivity index (χ0n) is 15.4. The Balaban J connectivity index is 1.45. The van der Waals surface area contributed by atoms with Gasteiger partial charge in [0.15, 0.2) is 0 Å². The van der Waals surface area contributed by atoms with Gasteiger partial charge in [-0.25, -0.2) is 9.97 Å². The zero-order chi connectivity index (χ0) is 19.3. The maximum Gasteiger partial charge on any atom is 0.234 e. The van der Waals surface area contributed by atoms with Crippen molar-refractivity contribution in [1.29, 1.82) is 0 Å². The molecule has 0 aliphatic rings. The van der Waals surface area contributed by atoms with Crippen LogP contribution in [-0.4, -0.2) is 21.6 Å². The Morgan fingerprint density at radius 3 is 2.75 bits per heavy atom. The summed E-state index contributed by atoms with van der Waals surface area (Å²) in [7, 11) is 0. The Labute approximate surface area is 172 Å². The number of amides is 1. The van der Waals surface area contributed by atoms with Crippen molar-refractivity contribution in [2.45, 2.75) is 12.7 Å². The van der Waals surface area contributed by atoms with Gasteiger partial charge >= 0.3 is 0 Å². The molecule has 1 N–H and O–H groups in total. The molecule has 4 rings (SSSR count). The number of benzene rings is 2. The summed E-state index contributed by atoms with van der Waals surface area (Å²) in [4.78, 5) is 22.4. The molecule has 0 radical (unpaired) electrons. The van der Waals surface area contributed by atoms with Crippen molar-refractivity contribution in [2.75, 3.05) is 11.1 Å². The van der Waals surface area contributed by atoms with Gasteiger partial charge in [-0.1, -0.05) is 53.8 Å². The van der Waals surface area contributed by atoms with Crippen molar-refractivity contribution in [3.63, 3.8) is 0 Å². The largest absolute Gasteiger partial charge is 0.325 e. The third-order valence-electron chi connectivity index (χ3n) is 4.35. The van der Waals surface area contributed by atoms with Crippen molar-refractivity contribution in [3.05, 3.63) is 78.0 Å². The van der Waals surface area contributed by atoms with Crippen molar-refractivity contribution in [1.82, 2.24) is 9.97 Å². The Hall–Kier alpha value is -2.70.